The molecule has 0 N–H and O–H groups in total. The van der Waals surface area contributed by atoms with E-state index in [1.54, 1.807) is 16.7 Å². The third kappa shape index (κ3) is 2.27. The molecule has 0 saturated heterocycles. The molecule has 1 fully saturated rings. The van der Waals surface area contributed by atoms with Gasteiger partial charge in [-0.05, 0) is 25.0 Å². The zero-order valence-electron chi connectivity index (χ0n) is 12.5. The molecule has 2 heterocycles. The molecule has 4 rings (SSSR count). The summed E-state index contributed by atoms with van der Waals surface area (Å²) in [7, 11) is 0. The summed E-state index contributed by atoms with van der Waals surface area (Å²) in [6.45, 7) is 0.156. The fourth-order valence-electron chi connectivity index (χ4n) is 2.66. The lowest BCUT2D eigenvalue weighted by Crippen LogP contribution is -2.31. The largest absolute Gasteiger partial charge is 0.454 e. The molecule has 0 amide bonds. The predicted molar refractivity (Wildman–Crippen MR) is 86.9 cm³/mol. The number of aromatic nitrogens is 1. The average molecular weight is 337 g/mol. The monoisotopic (exact) mass is 337 g/mol. The molecule has 1 saturated carbocycles. The van der Waals surface area contributed by atoms with Gasteiger partial charge in [-0.25, -0.2) is 0 Å². The molecule has 0 atom stereocenters. The molecular weight excluding hydrogens is 326 g/mol. The lowest BCUT2D eigenvalue weighted by Gasteiger charge is -1.99. The molecule has 1 aliphatic heterocycles. The van der Waals surface area contributed by atoms with E-state index in [-0.39, 0.29) is 24.0 Å². The second-order valence-electron chi connectivity index (χ2n) is 5.50. The number of hydrogen-bond acceptors (Lipinski definition) is 6. The number of nitriles is 2. The van der Waals surface area contributed by atoms with E-state index in [2.05, 4.69) is 0 Å². The zero-order valence-corrected chi connectivity index (χ0v) is 13.3. The summed E-state index contributed by atoms with van der Waals surface area (Å²) in [5.41, 5.74) is 0.548. The number of benzene rings is 1. The molecule has 1 aromatic heterocycles. The Morgan fingerprint density at radius 3 is 2.79 bits per heavy atom. The summed E-state index contributed by atoms with van der Waals surface area (Å²) in [5, 5.41) is 18.3. The molecule has 2 aliphatic rings. The predicted octanol–water partition coefficient (Wildman–Crippen LogP) is 1.00. The third-order valence-corrected chi connectivity index (χ3v) is 5.02. The first kappa shape index (κ1) is 14.6. The highest BCUT2D eigenvalue weighted by Gasteiger charge is 2.27. The van der Waals surface area contributed by atoms with Gasteiger partial charge in [-0.15, -0.1) is 11.3 Å². The summed E-state index contributed by atoms with van der Waals surface area (Å²) < 4.78 is 13.3. The van der Waals surface area contributed by atoms with Crippen LogP contribution in [0.25, 0.3) is 11.6 Å². The minimum atomic E-state index is -0.169. The normalized spacial score (nSPS) is 15.8. The van der Waals surface area contributed by atoms with Crippen molar-refractivity contribution in [1.82, 2.24) is 4.57 Å². The number of hydrogen-bond donors (Lipinski definition) is 0. The van der Waals surface area contributed by atoms with Gasteiger partial charge >= 0.3 is 0 Å². The van der Waals surface area contributed by atoms with Crippen LogP contribution in [-0.4, -0.2) is 11.4 Å². The third-order valence-electron chi connectivity index (χ3n) is 3.92. The van der Waals surface area contributed by atoms with Gasteiger partial charge in [0, 0.05) is 11.6 Å². The Morgan fingerprint density at radius 2 is 2.08 bits per heavy atom. The molecule has 0 radical (unpaired) electrons. The van der Waals surface area contributed by atoms with Gasteiger partial charge in [0.25, 0.3) is 5.56 Å². The Kier molecular flexibility index (Phi) is 3.37. The molecule has 2 aromatic rings. The van der Waals surface area contributed by atoms with E-state index in [4.69, 9.17) is 20.0 Å². The summed E-state index contributed by atoms with van der Waals surface area (Å²) in [6, 6.07) is 9.33. The molecular formula is C17H11N3O3S. The van der Waals surface area contributed by atoms with Crippen LogP contribution in [0.15, 0.2) is 23.0 Å². The molecule has 0 spiro atoms. The van der Waals surface area contributed by atoms with Crippen LogP contribution >= 0.6 is 11.3 Å². The molecule has 24 heavy (non-hydrogen) atoms. The lowest BCUT2D eigenvalue weighted by atomic mass is 10.2. The topological polar surface area (TPSA) is 88.0 Å². The number of para-hydroxylation sites is 1. The first-order valence-electron chi connectivity index (χ1n) is 7.39. The van der Waals surface area contributed by atoms with Crippen LogP contribution in [0.4, 0.5) is 0 Å². The van der Waals surface area contributed by atoms with Crippen LogP contribution in [0.2, 0.25) is 0 Å². The first-order valence-corrected chi connectivity index (χ1v) is 8.20. The van der Waals surface area contributed by atoms with E-state index >= 15 is 0 Å². The van der Waals surface area contributed by atoms with Gasteiger partial charge in [0.1, 0.15) is 16.8 Å². The van der Waals surface area contributed by atoms with Crippen molar-refractivity contribution in [3.8, 4) is 23.6 Å². The smallest absolute Gasteiger partial charge is 0.269 e. The Bertz CT molecular complexity index is 1080. The van der Waals surface area contributed by atoms with Gasteiger partial charge < -0.3 is 9.47 Å². The Morgan fingerprint density at radius 1 is 1.29 bits per heavy atom. The molecule has 0 unspecified atom stereocenters. The molecule has 1 aliphatic carbocycles. The Balaban J connectivity index is 1.99. The number of rotatable bonds is 2. The number of fused-ring (bicyclic) bond motifs is 1. The van der Waals surface area contributed by atoms with E-state index < -0.39 is 0 Å². The first-order chi connectivity index (χ1) is 11.7. The summed E-state index contributed by atoms with van der Waals surface area (Å²) >= 11 is 1.17. The van der Waals surface area contributed by atoms with Crippen molar-refractivity contribution in [3.05, 3.63) is 43.3 Å². The van der Waals surface area contributed by atoms with Crippen molar-refractivity contribution in [3.63, 3.8) is 0 Å². The van der Waals surface area contributed by atoms with Crippen molar-refractivity contribution in [2.45, 2.75) is 18.9 Å². The number of thiazole rings is 1. The van der Waals surface area contributed by atoms with Gasteiger partial charge in [0.2, 0.25) is 6.79 Å². The van der Waals surface area contributed by atoms with E-state index in [0.29, 0.717) is 20.7 Å². The SMILES string of the molecule is N#CC(C#N)=c1s/c(=C\c2cccc3c2OCO3)c(=O)n1C1CC1. The van der Waals surface area contributed by atoms with Gasteiger partial charge in [0.05, 0.1) is 4.53 Å². The van der Waals surface area contributed by atoms with Crippen molar-refractivity contribution < 1.29 is 9.47 Å². The van der Waals surface area contributed by atoms with E-state index in [1.165, 1.54) is 11.3 Å². The quantitative estimate of drug-likeness (QED) is 0.816. The van der Waals surface area contributed by atoms with Gasteiger partial charge in [-0.1, -0.05) is 12.1 Å². The van der Waals surface area contributed by atoms with Gasteiger partial charge in [0.15, 0.2) is 17.1 Å². The molecule has 7 heteroatoms. The summed E-state index contributed by atoms with van der Waals surface area (Å²) in [6.07, 6.45) is 3.52. The Labute approximate surface area is 140 Å². The number of nitrogens with zero attached hydrogens (tertiary/aromatic N) is 3. The molecule has 1 aromatic carbocycles. The van der Waals surface area contributed by atoms with Crippen LogP contribution in [0, 0.1) is 22.7 Å². The maximum atomic E-state index is 12.7. The summed E-state index contributed by atoms with van der Waals surface area (Å²) in [5.74, 6) is 1.25. The van der Waals surface area contributed by atoms with Crippen LogP contribution in [-0.2, 0) is 0 Å². The Hall–Kier alpha value is -3.03. The number of ether oxygens (including phenoxy) is 2. The second-order valence-corrected chi connectivity index (χ2v) is 6.53. The maximum Gasteiger partial charge on any atom is 0.269 e. The summed E-state index contributed by atoms with van der Waals surface area (Å²) in [4.78, 5) is 12.7. The minimum Gasteiger partial charge on any atom is -0.454 e. The minimum absolute atomic E-state index is 0.0264. The van der Waals surface area contributed by atoms with E-state index in [0.717, 1.165) is 18.4 Å². The van der Waals surface area contributed by atoms with Gasteiger partial charge in [-0.3, -0.25) is 9.36 Å². The fourth-order valence-corrected chi connectivity index (χ4v) is 3.77. The van der Waals surface area contributed by atoms with Crippen molar-refractivity contribution in [1.29, 1.82) is 10.5 Å². The van der Waals surface area contributed by atoms with Crippen molar-refractivity contribution in [2.24, 2.45) is 0 Å². The molecule has 118 valence electrons. The second kappa shape index (κ2) is 5.55. The van der Waals surface area contributed by atoms with Crippen LogP contribution in [0.3, 0.4) is 0 Å². The van der Waals surface area contributed by atoms with Gasteiger partial charge in [-0.2, -0.15) is 10.5 Å². The molecule has 6 nitrogen and oxygen atoms in total. The highest BCUT2D eigenvalue weighted by atomic mass is 32.1. The van der Waals surface area contributed by atoms with E-state index in [9.17, 15) is 4.79 Å². The maximum absolute atomic E-state index is 12.7. The van der Waals surface area contributed by atoms with Crippen LogP contribution < -0.4 is 24.2 Å². The van der Waals surface area contributed by atoms with Crippen molar-refractivity contribution in [2.75, 3.05) is 6.79 Å². The fraction of sp³-hybridized carbons (Fsp3) is 0.235. The molecule has 0 bridgehead atoms. The van der Waals surface area contributed by atoms with Crippen LogP contribution in [0.1, 0.15) is 24.4 Å². The van der Waals surface area contributed by atoms with Crippen molar-refractivity contribution >= 4 is 23.0 Å². The highest BCUT2D eigenvalue weighted by Crippen LogP contribution is 2.35. The van der Waals surface area contributed by atoms with Crippen LogP contribution in [0.5, 0.6) is 11.5 Å². The standard InChI is InChI=1S/C17H11N3O3S/c18-7-11(8-19)17-20(12-4-5-12)16(21)14(24-17)6-10-2-1-3-13-15(10)23-9-22-13/h1-3,6,12H,4-5,9H2/b14-6-. The highest BCUT2D eigenvalue weighted by molar-refractivity contribution is 7.07. The average Bonchev–Trinajstić information content (AvgIpc) is 3.21. The lowest BCUT2D eigenvalue weighted by molar-refractivity contribution is 0.174. The van der Waals surface area contributed by atoms with E-state index in [1.807, 2.05) is 24.3 Å². The zero-order chi connectivity index (χ0) is 16.7.